The molecule has 29 heavy (non-hydrogen) atoms. The van der Waals surface area contributed by atoms with E-state index in [-0.39, 0.29) is 12.0 Å². The Kier molecular flexibility index (Phi) is 5.27. The number of rotatable bonds is 4. The van der Waals surface area contributed by atoms with Crippen molar-refractivity contribution in [3.8, 4) is 0 Å². The number of para-hydroxylation sites is 1. The Morgan fingerprint density at radius 1 is 1.17 bits per heavy atom. The smallest absolute Gasteiger partial charge is 0.252 e. The van der Waals surface area contributed by atoms with E-state index in [0.29, 0.717) is 31.0 Å². The van der Waals surface area contributed by atoms with Crippen LogP contribution in [0, 0.1) is 18.8 Å². The number of benzene rings is 1. The van der Waals surface area contributed by atoms with E-state index < -0.39 is 0 Å². The zero-order valence-electron chi connectivity index (χ0n) is 17.2. The van der Waals surface area contributed by atoms with Crippen LogP contribution in [-0.4, -0.2) is 47.8 Å². The molecule has 1 aromatic carbocycles. The summed E-state index contributed by atoms with van der Waals surface area (Å²) in [6.45, 7) is 4.79. The molecule has 2 aliphatic heterocycles. The van der Waals surface area contributed by atoms with Crippen molar-refractivity contribution < 1.29 is 14.3 Å². The predicted molar refractivity (Wildman–Crippen MR) is 111 cm³/mol. The molecule has 3 fully saturated rings. The summed E-state index contributed by atoms with van der Waals surface area (Å²) < 4.78 is 11.7. The molecule has 1 aromatic heterocycles. The largest absolute Gasteiger partial charge is 0.381 e. The van der Waals surface area contributed by atoms with Crippen LogP contribution >= 0.6 is 0 Å². The Balaban J connectivity index is 1.46. The average molecular weight is 395 g/mol. The molecule has 1 saturated carbocycles. The minimum atomic E-state index is -0.307. The van der Waals surface area contributed by atoms with Crippen molar-refractivity contribution in [3.05, 3.63) is 41.6 Å². The lowest BCUT2D eigenvalue weighted by atomic mass is 9.86. The van der Waals surface area contributed by atoms with Crippen LogP contribution in [-0.2, 0) is 20.8 Å². The molecule has 2 aromatic rings. The van der Waals surface area contributed by atoms with Crippen LogP contribution < -0.4 is 0 Å². The van der Waals surface area contributed by atoms with Gasteiger partial charge in [0.25, 0.3) is 5.91 Å². The van der Waals surface area contributed by atoms with Gasteiger partial charge in [-0.3, -0.25) is 9.78 Å². The highest BCUT2D eigenvalue weighted by Crippen LogP contribution is 2.36. The highest BCUT2D eigenvalue weighted by Gasteiger charge is 2.45. The van der Waals surface area contributed by atoms with Crippen molar-refractivity contribution in [1.82, 2.24) is 9.88 Å². The third kappa shape index (κ3) is 3.66. The van der Waals surface area contributed by atoms with E-state index in [1.165, 1.54) is 18.4 Å². The molecule has 2 saturated heterocycles. The van der Waals surface area contributed by atoms with E-state index in [4.69, 9.17) is 9.47 Å². The second-order valence-electron chi connectivity index (χ2n) is 8.89. The summed E-state index contributed by atoms with van der Waals surface area (Å²) in [6, 6.07) is 10.7. The molecule has 1 aliphatic carbocycles. The molecule has 0 unspecified atom stereocenters. The van der Waals surface area contributed by atoms with Gasteiger partial charge in [0.2, 0.25) is 0 Å². The number of carbonyl (C=O) groups is 1. The number of nitrogens with zero attached hydrogens (tertiary/aromatic N) is 2. The first-order valence-corrected chi connectivity index (χ1v) is 11.1. The Labute approximate surface area is 172 Å². The second-order valence-corrected chi connectivity index (χ2v) is 8.89. The van der Waals surface area contributed by atoms with Crippen LogP contribution in [0.15, 0.2) is 30.3 Å². The number of pyridine rings is 1. The molecule has 5 nitrogen and oxygen atoms in total. The molecule has 1 amide bonds. The molecular weight excluding hydrogens is 364 g/mol. The minimum absolute atomic E-state index is 0.185. The summed E-state index contributed by atoms with van der Waals surface area (Å²) in [5.74, 6) is 0.855. The van der Waals surface area contributed by atoms with E-state index >= 15 is 0 Å². The molecule has 3 heterocycles. The maximum atomic E-state index is 13.8. The Morgan fingerprint density at radius 3 is 2.86 bits per heavy atom. The first-order valence-electron chi connectivity index (χ1n) is 11.1. The van der Waals surface area contributed by atoms with Crippen molar-refractivity contribution in [3.63, 3.8) is 0 Å². The van der Waals surface area contributed by atoms with Gasteiger partial charge in [-0.25, -0.2) is 0 Å². The summed E-state index contributed by atoms with van der Waals surface area (Å²) in [5, 5.41) is 1.14. The van der Waals surface area contributed by atoms with E-state index in [1.807, 2.05) is 13.0 Å². The standard InChI is InChI=1S/C24H30N2O3/c1-16-12-17(20-8-4-5-9-22(20)25-16)13-26(19-6-2-3-7-19)24(27)23-21-10-11-28-14-18(21)15-29-23/h4-5,8-9,12,18-19,21,23H,2-3,6-7,10-11,13-15H2,1H3/t18-,21+,23+/m0/s1. The molecule has 3 atom stereocenters. The van der Waals surface area contributed by atoms with Gasteiger partial charge in [-0.2, -0.15) is 0 Å². The zero-order valence-corrected chi connectivity index (χ0v) is 17.2. The second kappa shape index (κ2) is 8.04. The highest BCUT2D eigenvalue weighted by atomic mass is 16.5. The van der Waals surface area contributed by atoms with Gasteiger partial charge < -0.3 is 14.4 Å². The number of aryl methyl sites for hydroxylation is 1. The summed E-state index contributed by atoms with van der Waals surface area (Å²) in [6.07, 6.45) is 5.22. The minimum Gasteiger partial charge on any atom is -0.381 e. The van der Waals surface area contributed by atoms with Crippen molar-refractivity contribution in [1.29, 1.82) is 0 Å². The number of hydrogen-bond donors (Lipinski definition) is 0. The number of aromatic nitrogens is 1. The third-order valence-corrected chi connectivity index (χ3v) is 6.97. The summed E-state index contributed by atoms with van der Waals surface area (Å²) in [5.41, 5.74) is 3.19. The summed E-state index contributed by atoms with van der Waals surface area (Å²) in [4.78, 5) is 20.6. The molecule has 154 valence electrons. The van der Waals surface area contributed by atoms with Gasteiger partial charge >= 0.3 is 0 Å². The van der Waals surface area contributed by atoms with Crippen molar-refractivity contribution in [2.24, 2.45) is 11.8 Å². The van der Waals surface area contributed by atoms with Crippen LogP contribution in [0.4, 0.5) is 0 Å². The van der Waals surface area contributed by atoms with Gasteiger partial charge in [0.1, 0.15) is 6.10 Å². The quantitative estimate of drug-likeness (QED) is 0.790. The van der Waals surface area contributed by atoms with Gasteiger partial charge in [-0.05, 0) is 43.9 Å². The third-order valence-electron chi connectivity index (χ3n) is 6.97. The predicted octanol–water partition coefficient (Wildman–Crippen LogP) is 3.87. The molecule has 5 rings (SSSR count). The van der Waals surface area contributed by atoms with Crippen LogP contribution in [0.2, 0.25) is 0 Å². The fraction of sp³-hybridized carbons (Fsp3) is 0.583. The number of ether oxygens (including phenoxy) is 2. The lowest BCUT2D eigenvalue weighted by Crippen LogP contribution is -2.47. The van der Waals surface area contributed by atoms with Crippen molar-refractivity contribution in [2.45, 2.75) is 57.7 Å². The lowest BCUT2D eigenvalue weighted by molar-refractivity contribution is -0.146. The SMILES string of the molecule is Cc1cc(CN(C(=O)[C@@H]2OC[C@@H]3COCC[C@H]32)C2CCCC2)c2ccccc2n1. The average Bonchev–Trinajstić information content (AvgIpc) is 3.41. The fourth-order valence-corrected chi connectivity index (χ4v) is 5.46. The monoisotopic (exact) mass is 394 g/mol. The van der Waals surface area contributed by atoms with Gasteiger partial charge in [0, 0.05) is 42.1 Å². The van der Waals surface area contributed by atoms with E-state index in [0.717, 1.165) is 49.1 Å². The molecule has 0 spiro atoms. The van der Waals surface area contributed by atoms with Gasteiger partial charge in [0.15, 0.2) is 0 Å². The normalized spacial score (nSPS) is 27.3. The Bertz CT molecular complexity index is 893. The van der Waals surface area contributed by atoms with E-state index in [9.17, 15) is 4.79 Å². The van der Waals surface area contributed by atoms with Crippen molar-refractivity contribution in [2.75, 3.05) is 19.8 Å². The van der Waals surface area contributed by atoms with Crippen LogP contribution in [0.3, 0.4) is 0 Å². The maximum Gasteiger partial charge on any atom is 0.252 e. The van der Waals surface area contributed by atoms with Crippen molar-refractivity contribution >= 4 is 16.8 Å². The highest BCUT2D eigenvalue weighted by molar-refractivity contribution is 5.85. The molecule has 0 N–H and O–H groups in total. The first kappa shape index (κ1) is 19.0. The topological polar surface area (TPSA) is 51.7 Å². The summed E-state index contributed by atoms with van der Waals surface area (Å²) >= 11 is 0. The van der Waals surface area contributed by atoms with Crippen LogP contribution in [0.25, 0.3) is 10.9 Å². The molecule has 5 heteroatoms. The number of amides is 1. The Morgan fingerprint density at radius 2 is 2.00 bits per heavy atom. The Hall–Kier alpha value is -1.98. The fourth-order valence-electron chi connectivity index (χ4n) is 5.46. The van der Waals surface area contributed by atoms with Gasteiger partial charge in [-0.15, -0.1) is 0 Å². The van der Waals surface area contributed by atoms with E-state index in [1.54, 1.807) is 0 Å². The number of hydrogen-bond acceptors (Lipinski definition) is 4. The summed E-state index contributed by atoms with van der Waals surface area (Å²) in [7, 11) is 0. The maximum absolute atomic E-state index is 13.8. The van der Waals surface area contributed by atoms with E-state index in [2.05, 4.69) is 34.1 Å². The number of fused-ring (bicyclic) bond motifs is 2. The molecule has 0 radical (unpaired) electrons. The van der Waals surface area contributed by atoms with Crippen LogP contribution in [0.1, 0.15) is 43.4 Å². The first-order chi connectivity index (χ1) is 14.2. The van der Waals surface area contributed by atoms with Crippen LogP contribution in [0.5, 0.6) is 0 Å². The molecular formula is C24H30N2O3. The lowest BCUT2D eigenvalue weighted by Gasteiger charge is -2.34. The number of carbonyl (C=O) groups excluding carboxylic acids is 1. The van der Waals surface area contributed by atoms with Gasteiger partial charge in [0.05, 0.1) is 18.7 Å². The zero-order chi connectivity index (χ0) is 19.8. The molecule has 3 aliphatic rings. The molecule has 0 bridgehead atoms. The van der Waals surface area contributed by atoms with Gasteiger partial charge in [-0.1, -0.05) is 31.0 Å².